The number of carboxylic acids is 1. The first-order valence-electron chi connectivity index (χ1n) is 12.3. The largest absolute Gasteiger partial charge is 0.481 e. The second-order valence-corrected chi connectivity index (χ2v) is 9.72. The summed E-state index contributed by atoms with van der Waals surface area (Å²) in [6.07, 6.45) is 17.2. The number of rotatable bonds is 16. The van der Waals surface area contributed by atoms with Crippen LogP contribution in [0.5, 0.6) is 0 Å². The van der Waals surface area contributed by atoms with E-state index in [0.29, 0.717) is 0 Å². The SMILES string of the molecule is CCCCCC(O)C=CC1C=C(Sc2ccccc2)C(=O)C1=CCCCCCCCC(=O)O. The number of thioether (sulfide) groups is 1. The maximum Gasteiger partial charge on any atom is 0.303 e. The summed E-state index contributed by atoms with van der Waals surface area (Å²) in [7, 11) is 0. The first-order valence-corrected chi connectivity index (χ1v) is 13.1. The number of ketones is 1. The quantitative estimate of drug-likeness (QED) is 0.153. The molecule has 0 fully saturated rings. The summed E-state index contributed by atoms with van der Waals surface area (Å²) in [5.41, 5.74) is 0.802. The Morgan fingerprint density at radius 1 is 1.06 bits per heavy atom. The maximum absolute atomic E-state index is 13.1. The number of aliphatic carboxylic acids is 1. The molecular formula is C28H38O4S. The molecular weight excluding hydrogens is 432 g/mol. The molecule has 5 heteroatoms. The third-order valence-corrected chi connectivity index (χ3v) is 6.80. The van der Waals surface area contributed by atoms with Crippen molar-refractivity contribution in [1.82, 2.24) is 0 Å². The van der Waals surface area contributed by atoms with Crippen molar-refractivity contribution in [1.29, 1.82) is 0 Å². The minimum absolute atomic E-state index is 0.0837. The summed E-state index contributed by atoms with van der Waals surface area (Å²) in [6, 6.07) is 9.92. The van der Waals surface area contributed by atoms with Gasteiger partial charge in [0, 0.05) is 22.8 Å². The number of Topliss-reactive ketones (excluding diaryl/α,β-unsaturated/α-hetero) is 1. The minimum atomic E-state index is -0.731. The summed E-state index contributed by atoms with van der Waals surface area (Å²) in [4.78, 5) is 25.5. The lowest BCUT2D eigenvalue weighted by Gasteiger charge is -2.08. The van der Waals surface area contributed by atoms with E-state index in [1.165, 1.54) is 11.8 Å². The molecule has 0 bridgehead atoms. The van der Waals surface area contributed by atoms with Crippen LogP contribution in [0.3, 0.4) is 0 Å². The highest BCUT2D eigenvalue weighted by Gasteiger charge is 2.28. The van der Waals surface area contributed by atoms with Gasteiger partial charge in [-0.25, -0.2) is 0 Å². The predicted octanol–water partition coefficient (Wildman–Crippen LogP) is 7.10. The molecule has 2 N–H and O–H groups in total. The maximum atomic E-state index is 13.1. The third-order valence-electron chi connectivity index (χ3n) is 5.75. The van der Waals surface area contributed by atoms with Crippen molar-refractivity contribution in [3.8, 4) is 0 Å². The molecule has 0 heterocycles. The molecule has 0 aromatic heterocycles. The summed E-state index contributed by atoms with van der Waals surface area (Å²) in [5.74, 6) is -0.744. The normalized spacial score (nSPS) is 18.2. The van der Waals surface area contributed by atoms with Crippen molar-refractivity contribution < 1.29 is 19.8 Å². The zero-order valence-electron chi connectivity index (χ0n) is 19.7. The summed E-state index contributed by atoms with van der Waals surface area (Å²) in [5, 5.41) is 19.0. The Bertz CT molecular complexity index is 826. The van der Waals surface area contributed by atoms with Gasteiger partial charge in [-0.2, -0.15) is 0 Å². The van der Waals surface area contributed by atoms with Crippen molar-refractivity contribution in [3.63, 3.8) is 0 Å². The van der Waals surface area contributed by atoms with Gasteiger partial charge in [-0.15, -0.1) is 0 Å². The van der Waals surface area contributed by atoms with E-state index in [1.807, 2.05) is 48.6 Å². The number of unbranched alkanes of at least 4 members (excludes halogenated alkanes) is 7. The zero-order chi connectivity index (χ0) is 23.9. The monoisotopic (exact) mass is 470 g/mol. The highest BCUT2D eigenvalue weighted by atomic mass is 32.2. The topological polar surface area (TPSA) is 74.6 Å². The highest BCUT2D eigenvalue weighted by molar-refractivity contribution is 8.04. The van der Waals surface area contributed by atoms with Gasteiger partial charge in [0.15, 0.2) is 5.78 Å². The lowest BCUT2D eigenvalue weighted by atomic mass is 9.98. The van der Waals surface area contributed by atoms with Crippen LogP contribution in [0, 0.1) is 5.92 Å². The molecule has 33 heavy (non-hydrogen) atoms. The Kier molecular flexibility index (Phi) is 12.9. The molecule has 180 valence electrons. The van der Waals surface area contributed by atoms with Gasteiger partial charge < -0.3 is 10.2 Å². The van der Waals surface area contributed by atoms with Crippen LogP contribution in [0.2, 0.25) is 0 Å². The van der Waals surface area contributed by atoms with E-state index in [9.17, 15) is 14.7 Å². The molecule has 1 aromatic carbocycles. The van der Waals surface area contributed by atoms with Crippen LogP contribution in [-0.4, -0.2) is 28.1 Å². The molecule has 2 atom stereocenters. The van der Waals surface area contributed by atoms with E-state index < -0.39 is 12.1 Å². The lowest BCUT2D eigenvalue weighted by molar-refractivity contribution is -0.137. The molecule has 2 unspecified atom stereocenters. The molecule has 0 amide bonds. The van der Waals surface area contributed by atoms with Gasteiger partial charge in [0.05, 0.1) is 11.0 Å². The van der Waals surface area contributed by atoms with E-state index in [-0.39, 0.29) is 18.1 Å². The van der Waals surface area contributed by atoms with Crippen molar-refractivity contribution in [2.24, 2.45) is 5.92 Å². The number of carbonyl (C=O) groups is 2. The van der Waals surface area contributed by atoms with E-state index in [0.717, 1.165) is 79.6 Å². The summed E-state index contributed by atoms with van der Waals surface area (Å²) < 4.78 is 0. The average Bonchev–Trinajstić information content (AvgIpc) is 3.09. The van der Waals surface area contributed by atoms with Crippen molar-refractivity contribution in [2.75, 3.05) is 0 Å². The third kappa shape index (κ3) is 10.6. The number of hydrogen-bond acceptors (Lipinski definition) is 4. The first kappa shape index (κ1) is 27.1. The van der Waals surface area contributed by atoms with E-state index in [2.05, 4.69) is 13.0 Å². The van der Waals surface area contributed by atoms with Gasteiger partial charge in [-0.1, -0.05) is 99.7 Å². The lowest BCUT2D eigenvalue weighted by Crippen LogP contribution is -2.05. The molecule has 1 aliphatic carbocycles. The first-order chi connectivity index (χ1) is 16.0. The van der Waals surface area contributed by atoms with Crippen LogP contribution in [0.25, 0.3) is 0 Å². The van der Waals surface area contributed by atoms with E-state index >= 15 is 0 Å². The average molecular weight is 471 g/mol. The molecule has 0 spiro atoms. The molecule has 0 saturated heterocycles. The summed E-state index contributed by atoms with van der Waals surface area (Å²) >= 11 is 1.50. The van der Waals surface area contributed by atoms with Gasteiger partial charge in [0.2, 0.25) is 0 Å². The van der Waals surface area contributed by atoms with Crippen molar-refractivity contribution >= 4 is 23.5 Å². The molecule has 2 rings (SSSR count). The Hall–Kier alpha value is -2.11. The van der Waals surface area contributed by atoms with Gasteiger partial charge in [-0.3, -0.25) is 9.59 Å². The van der Waals surface area contributed by atoms with Gasteiger partial charge in [-0.05, 0) is 37.8 Å². The fourth-order valence-electron chi connectivity index (χ4n) is 3.86. The Morgan fingerprint density at radius 2 is 1.79 bits per heavy atom. The number of aliphatic hydroxyl groups is 1. The number of aliphatic hydroxyl groups excluding tert-OH is 1. The molecule has 0 aliphatic heterocycles. The number of carboxylic acid groups (broad SMARTS) is 1. The van der Waals surface area contributed by atoms with E-state index in [4.69, 9.17) is 5.11 Å². The van der Waals surface area contributed by atoms with Crippen LogP contribution < -0.4 is 0 Å². The van der Waals surface area contributed by atoms with Crippen LogP contribution in [0.15, 0.2) is 70.0 Å². The fraction of sp³-hybridized carbons (Fsp3) is 0.500. The molecule has 4 nitrogen and oxygen atoms in total. The van der Waals surface area contributed by atoms with Crippen LogP contribution in [0.1, 0.15) is 77.6 Å². The smallest absolute Gasteiger partial charge is 0.303 e. The van der Waals surface area contributed by atoms with Crippen LogP contribution >= 0.6 is 11.8 Å². The Balaban J connectivity index is 1.96. The van der Waals surface area contributed by atoms with Crippen molar-refractivity contribution in [2.45, 2.75) is 88.6 Å². The number of carbonyl (C=O) groups excluding carboxylic acids is 1. The predicted molar refractivity (Wildman–Crippen MR) is 136 cm³/mol. The van der Waals surface area contributed by atoms with Crippen molar-refractivity contribution in [3.05, 3.63) is 65.1 Å². The van der Waals surface area contributed by atoms with Crippen LogP contribution in [-0.2, 0) is 9.59 Å². The Labute approximate surface area is 202 Å². The summed E-state index contributed by atoms with van der Waals surface area (Å²) in [6.45, 7) is 2.15. The number of allylic oxidation sites excluding steroid dienone is 5. The second-order valence-electron chi connectivity index (χ2n) is 8.61. The van der Waals surface area contributed by atoms with Gasteiger partial charge >= 0.3 is 5.97 Å². The van der Waals surface area contributed by atoms with Gasteiger partial charge in [0.1, 0.15) is 0 Å². The fourth-order valence-corrected chi connectivity index (χ4v) is 4.83. The standard InChI is InChI=1S/C28H38O4S/c1-2-3-9-14-23(29)20-19-22-21-26(33-24-15-10-8-11-16-24)28(32)25(22)17-12-6-4-5-7-13-18-27(30)31/h8,10-11,15-17,19-23,29H,2-7,9,12-14,18H2,1H3,(H,30,31). The molecule has 1 aliphatic rings. The number of hydrogen-bond donors (Lipinski definition) is 2. The minimum Gasteiger partial charge on any atom is -0.481 e. The van der Waals surface area contributed by atoms with Crippen LogP contribution in [0.4, 0.5) is 0 Å². The second kappa shape index (κ2) is 15.7. The molecule has 0 saturated carbocycles. The van der Waals surface area contributed by atoms with E-state index in [1.54, 1.807) is 0 Å². The molecule has 0 radical (unpaired) electrons. The zero-order valence-corrected chi connectivity index (χ0v) is 20.6. The number of benzene rings is 1. The molecule has 1 aromatic rings. The Morgan fingerprint density at radius 3 is 2.52 bits per heavy atom. The highest BCUT2D eigenvalue weighted by Crippen LogP contribution is 2.38. The van der Waals surface area contributed by atoms with Gasteiger partial charge in [0.25, 0.3) is 0 Å².